The van der Waals surface area contributed by atoms with Crippen LogP contribution < -0.4 is 5.73 Å². The molecule has 0 unspecified atom stereocenters. The first-order valence-electron chi connectivity index (χ1n) is 3.61. The van der Waals surface area contributed by atoms with E-state index in [9.17, 15) is 5.11 Å². The van der Waals surface area contributed by atoms with Gasteiger partial charge >= 0.3 is 0 Å². The third kappa shape index (κ3) is 2.65. The number of hydrogen-bond donors (Lipinski definition) is 3. The molecule has 14 heavy (non-hydrogen) atoms. The summed E-state index contributed by atoms with van der Waals surface area (Å²) in [4.78, 5) is 0. The van der Waals surface area contributed by atoms with Crippen molar-refractivity contribution in [1.82, 2.24) is 0 Å². The van der Waals surface area contributed by atoms with Crippen molar-refractivity contribution in [2.24, 2.45) is 5.73 Å². The van der Waals surface area contributed by atoms with E-state index in [1.807, 2.05) is 0 Å². The van der Waals surface area contributed by atoms with Crippen molar-refractivity contribution < 1.29 is 10.2 Å². The van der Waals surface area contributed by atoms with E-state index in [2.05, 4.69) is 0 Å². The summed E-state index contributed by atoms with van der Waals surface area (Å²) in [5.74, 6) is -0.171. The van der Waals surface area contributed by atoms with Crippen LogP contribution in [0.25, 0.3) is 0 Å². The number of aliphatic hydroxyl groups excluding tert-OH is 1. The fraction of sp³-hybridized carbons (Fsp3) is 0.250. The van der Waals surface area contributed by atoms with Crippen LogP contribution in [-0.2, 0) is 0 Å². The molecular formula is C8H10Cl3NO2. The van der Waals surface area contributed by atoms with Crippen molar-refractivity contribution in [3.63, 3.8) is 0 Å². The normalized spacial score (nSPS) is 12.0. The molecule has 0 saturated heterocycles. The van der Waals surface area contributed by atoms with Gasteiger partial charge in [-0.3, -0.25) is 0 Å². The van der Waals surface area contributed by atoms with Gasteiger partial charge in [-0.1, -0.05) is 29.3 Å². The maximum absolute atomic E-state index is 9.47. The molecule has 0 saturated carbocycles. The van der Waals surface area contributed by atoms with Crippen LogP contribution in [0.1, 0.15) is 11.6 Å². The van der Waals surface area contributed by atoms with Gasteiger partial charge in [0.25, 0.3) is 0 Å². The van der Waals surface area contributed by atoms with Crippen molar-refractivity contribution in [1.29, 1.82) is 0 Å². The van der Waals surface area contributed by atoms with Crippen LogP contribution in [0.2, 0.25) is 10.0 Å². The second-order valence-electron chi connectivity index (χ2n) is 2.59. The van der Waals surface area contributed by atoms with E-state index < -0.39 is 6.04 Å². The highest BCUT2D eigenvalue weighted by atomic mass is 35.5. The molecule has 4 N–H and O–H groups in total. The van der Waals surface area contributed by atoms with Crippen molar-refractivity contribution in [2.75, 3.05) is 6.61 Å². The molecule has 0 aliphatic heterocycles. The molecule has 1 aromatic carbocycles. The highest BCUT2D eigenvalue weighted by Gasteiger charge is 2.14. The lowest BCUT2D eigenvalue weighted by molar-refractivity contribution is 0.265. The largest absolute Gasteiger partial charge is 0.506 e. The maximum atomic E-state index is 9.47. The Balaban J connectivity index is 0.00000169. The Hall–Kier alpha value is -0.190. The molecule has 0 spiro atoms. The molecule has 0 heterocycles. The molecule has 0 fully saturated rings. The topological polar surface area (TPSA) is 66.5 Å². The monoisotopic (exact) mass is 257 g/mol. The van der Waals surface area contributed by atoms with Crippen LogP contribution in [0.3, 0.4) is 0 Å². The molecule has 0 aliphatic rings. The number of halogens is 3. The standard InChI is InChI=1S/C8H9Cl2NO2.ClH/c9-5-2-1-4(6(11)3-12)8(13)7(5)10;/h1-2,6,12-13H,3,11H2;1H/t6-;/m0./s1. The zero-order chi connectivity index (χ0) is 10.0. The van der Waals surface area contributed by atoms with Gasteiger partial charge in [0.2, 0.25) is 0 Å². The summed E-state index contributed by atoms with van der Waals surface area (Å²) in [6, 6.07) is 2.41. The Bertz CT molecular complexity index is 320. The van der Waals surface area contributed by atoms with Gasteiger partial charge in [-0.2, -0.15) is 0 Å². The number of aliphatic hydroxyl groups is 1. The second-order valence-corrected chi connectivity index (χ2v) is 3.37. The molecule has 1 rings (SSSR count). The number of nitrogens with two attached hydrogens (primary N) is 1. The molecule has 80 valence electrons. The van der Waals surface area contributed by atoms with Gasteiger partial charge < -0.3 is 15.9 Å². The number of phenols is 1. The number of aromatic hydroxyl groups is 1. The Morgan fingerprint density at radius 2 is 1.93 bits per heavy atom. The summed E-state index contributed by atoms with van der Waals surface area (Å²) in [5, 5.41) is 18.5. The van der Waals surface area contributed by atoms with E-state index in [1.54, 1.807) is 0 Å². The van der Waals surface area contributed by atoms with Crippen LogP contribution >= 0.6 is 35.6 Å². The van der Waals surface area contributed by atoms with Crippen LogP contribution in [0, 0.1) is 0 Å². The van der Waals surface area contributed by atoms with E-state index in [0.717, 1.165) is 0 Å². The summed E-state index contributed by atoms with van der Waals surface area (Å²) in [5.41, 5.74) is 5.89. The van der Waals surface area contributed by atoms with Crippen molar-refractivity contribution >= 4 is 35.6 Å². The molecule has 3 nitrogen and oxygen atoms in total. The minimum Gasteiger partial charge on any atom is -0.506 e. The fourth-order valence-electron chi connectivity index (χ4n) is 0.952. The number of benzene rings is 1. The fourth-order valence-corrected chi connectivity index (χ4v) is 1.28. The smallest absolute Gasteiger partial charge is 0.140 e. The predicted octanol–water partition coefficient (Wildman–Crippen LogP) is 2.11. The quantitative estimate of drug-likeness (QED) is 0.761. The van der Waals surface area contributed by atoms with Crippen molar-refractivity contribution in [2.45, 2.75) is 6.04 Å². The first-order chi connectivity index (χ1) is 6.07. The predicted molar refractivity (Wildman–Crippen MR) is 59.4 cm³/mol. The second kappa shape index (κ2) is 5.63. The number of hydrogen-bond acceptors (Lipinski definition) is 3. The Labute approximate surface area is 97.8 Å². The summed E-state index contributed by atoms with van der Waals surface area (Å²) in [6.07, 6.45) is 0. The first-order valence-corrected chi connectivity index (χ1v) is 4.36. The van der Waals surface area contributed by atoms with E-state index >= 15 is 0 Å². The molecule has 1 aromatic rings. The van der Waals surface area contributed by atoms with E-state index in [4.69, 9.17) is 34.0 Å². The van der Waals surface area contributed by atoms with Gasteiger partial charge in [0, 0.05) is 5.56 Å². The van der Waals surface area contributed by atoms with Gasteiger partial charge in [-0.15, -0.1) is 12.4 Å². The van der Waals surface area contributed by atoms with E-state index in [1.165, 1.54) is 12.1 Å². The molecule has 0 bridgehead atoms. The highest BCUT2D eigenvalue weighted by Crippen LogP contribution is 2.36. The minimum atomic E-state index is -0.644. The van der Waals surface area contributed by atoms with Crippen LogP contribution in [-0.4, -0.2) is 16.8 Å². The number of phenolic OH excluding ortho intramolecular Hbond substituents is 1. The van der Waals surface area contributed by atoms with Gasteiger partial charge in [0.15, 0.2) is 0 Å². The molecule has 0 aliphatic carbocycles. The van der Waals surface area contributed by atoms with Crippen molar-refractivity contribution in [3.05, 3.63) is 27.7 Å². The Morgan fingerprint density at radius 1 is 1.36 bits per heavy atom. The van der Waals surface area contributed by atoms with Crippen LogP contribution in [0.15, 0.2) is 12.1 Å². The lowest BCUT2D eigenvalue weighted by Crippen LogP contribution is -2.14. The van der Waals surface area contributed by atoms with E-state index in [-0.39, 0.29) is 34.8 Å². The summed E-state index contributed by atoms with van der Waals surface area (Å²) in [6.45, 7) is -0.258. The van der Waals surface area contributed by atoms with Crippen LogP contribution in [0.5, 0.6) is 5.75 Å². The number of rotatable bonds is 2. The molecule has 0 radical (unpaired) electrons. The Kier molecular flexibility index (Phi) is 5.56. The van der Waals surface area contributed by atoms with Gasteiger partial charge in [0.05, 0.1) is 17.7 Å². The zero-order valence-corrected chi connectivity index (χ0v) is 9.40. The summed E-state index contributed by atoms with van der Waals surface area (Å²) < 4.78 is 0. The SMILES string of the molecule is Cl.N[C@@H](CO)c1ccc(Cl)c(Cl)c1O. The summed E-state index contributed by atoms with van der Waals surface area (Å²) in [7, 11) is 0. The minimum absolute atomic E-state index is 0. The summed E-state index contributed by atoms with van der Waals surface area (Å²) >= 11 is 11.3. The van der Waals surface area contributed by atoms with Gasteiger partial charge in [-0.25, -0.2) is 0 Å². The highest BCUT2D eigenvalue weighted by molar-refractivity contribution is 6.43. The van der Waals surface area contributed by atoms with E-state index in [0.29, 0.717) is 5.56 Å². The lowest BCUT2D eigenvalue weighted by Gasteiger charge is -2.11. The average Bonchev–Trinajstić information content (AvgIpc) is 2.13. The zero-order valence-electron chi connectivity index (χ0n) is 7.08. The van der Waals surface area contributed by atoms with Gasteiger partial charge in [0.1, 0.15) is 10.8 Å². The third-order valence-corrected chi connectivity index (χ3v) is 2.49. The molecule has 0 amide bonds. The molecule has 1 atom stereocenters. The average molecular weight is 259 g/mol. The molecular weight excluding hydrogens is 248 g/mol. The van der Waals surface area contributed by atoms with Crippen molar-refractivity contribution in [3.8, 4) is 5.75 Å². The van der Waals surface area contributed by atoms with Gasteiger partial charge in [-0.05, 0) is 6.07 Å². The Morgan fingerprint density at radius 3 is 2.43 bits per heavy atom. The third-order valence-electron chi connectivity index (χ3n) is 1.70. The first kappa shape index (κ1) is 13.8. The maximum Gasteiger partial charge on any atom is 0.140 e. The molecule has 0 aromatic heterocycles. The van der Waals surface area contributed by atoms with Crippen LogP contribution in [0.4, 0.5) is 0 Å². The lowest BCUT2D eigenvalue weighted by atomic mass is 10.1. The molecule has 6 heteroatoms.